The van der Waals surface area contributed by atoms with Crippen molar-refractivity contribution in [3.05, 3.63) is 81.2 Å². The van der Waals surface area contributed by atoms with E-state index in [9.17, 15) is 22.8 Å². The van der Waals surface area contributed by atoms with Gasteiger partial charge >= 0.3 is 6.18 Å². The molecule has 4 nitrogen and oxygen atoms in total. The summed E-state index contributed by atoms with van der Waals surface area (Å²) < 4.78 is 39.4. The van der Waals surface area contributed by atoms with Gasteiger partial charge in [-0.05, 0) is 35.4 Å². The van der Waals surface area contributed by atoms with Crippen LogP contribution in [0.5, 0.6) is 0 Å². The van der Waals surface area contributed by atoms with Gasteiger partial charge in [0, 0.05) is 6.20 Å². The maximum Gasteiger partial charge on any atom is 0.417 e. The summed E-state index contributed by atoms with van der Waals surface area (Å²) in [6, 6.07) is 13.6. The van der Waals surface area contributed by atoms with E-state index >= 15 is 0 Å². The number of hydrogen-bond acceptors (Lipinski definition) is 2. The Hall–Kier alpha value is -2.80. The highest BCUT2D eigenvalue weighted by molar-refractivity contribution is 6.30. The van der Waals surface area contributed by atoms with Crippen LogP contribution in [0.1, 0.15) is 24.1 Å². The lowest BCUT2D eigenvalue weighted by molar-refractivity contribution is -0.138. The molecule has 0 aliphatic heterocycles. The van der Waals surface area contributed by atoms with Crippen molar-refractivity contribution in [1.29, 1.82) is 0 Å². The summed E-state index contributed by atoms with van der Waals surface area (Å²) in [6.45, 7) is 1.18. The lowest BCUT2D eigenvalue weighted by Gasteiger charge is -2.16. The van der Waals surface area contributed by atoms with Crippen LogP contribution in [0.3, 0.4) is 0 Å². The third-order valence-electron chi connectivity index (χ3n) is 4.33. The van der Waals surface area contributed by atoms with Crippen LogP contribution in [-0.2, 0) is 17.5 Å². The van der Waals surface area contributed by atoms with Gasteiger partial charge in [0.1, 0.15) is 11.6 Å². The van der Waals surface area contributed by atoms with Gasteiger partial charge in [-0.2, -0.15) is 13.2 Å². The van der Waals surface area contributed by atoms with Crippen molar-refractivity contribution in [2.75, 3.05) is 0 Å². The highest BCUT2D eigenvalue weighted by Gasteiger charge is 2.32. The molecule has 0 saturated heterocycles. The molecule has 0 bridgehead atoms. The van der Waals surface area contributed by atoms with Gasteiger partial charge in [-0.15, -0.1) is 0 Å². The quantitative estimate of drug-likeness (QED) is 0.688. The normalized spacial score (nSPS) is 12.8. The monoisotopic (exact) mass is 408 g/mol. The number of hydrogen-bond donors (Lipinski definition) is 1. The Morgan fingerprint density at radius 2 is 1.82 bits per heavy atom. The second kappa shape index (κ2) is 7.67. The van der Waals surface area contributed by atoms with Gasteiger partial charge in [-0.3, -0.25) is 9.59 Å². The molecule has 0 radical (unpaired) electrons. The van der Waals surface area contributed by atoms with E-state index < -0.39 is 40.8 Å². The Morgan fingerprint density at radius 1 is 1.14 bits per heavy atom. The molecule has 0 fully saturated rings. The standard InChI is InChI=1S/C20H16ClF3N2O2/c1-12(14-7-6-13-4-2-3-5-15(13)8-14)25-18(27)11-26-10-16(20(22,23)24)9-17(21)19(26)28/h2-10,12H,11H2,1H3,(H,25,27). The molecule has 1 atom stereocenters. The molecule has 146 valence electrons. The Morgan fingerprint density at radius 3 is 2.50 bits per heavy atom. The first-order valence-electron chi connectivity index (χ1n) is 8.40. The van der Waals surface area contributed by atoms with E-state index in [1.54, 1.807) is 6.92 Å². The zero-order valence-electron chi connectivity index (χ0n) is 14.8. The molecular formula is C20H16ClF3N2O2. The smallest absolute Gasteiger partial charge is 0.348 e. The van der Waals surface area contributed by atoms with Crippen LogP contribution in [0, 0.1) is 0 Å². The van der Waals surface area contributed by atoms with E-state index in [0.717, 1.165) is 16.3 Å². The fraction of sp³-hybridized carbons (Fsp3) is 0.200. The molecule has 3 rings (SSSR count). The molecule has 1 aromatic heterocycles. The molecule has 2 aromatic carbocycles. The first-order valence-corrected chi connectivity index (χ1v) is 8.78. The van der Waals surface area contributed by atoms with Crippen LogP contribution in [0.25, 0.3) is 10.8 Å². The number of benzene rings is 2. The summed E-state index contributed by atoms with van der Waals surface area (Å²) in [7, 11) is 0. The molecule has 0 spiro atoms. The van der Waals surface area contributed by atoms with Crippen LogP contribution < -0.4 is 10.9 Å². The van der Waals surface area contributed by atoms with Gasteiger partial charge in [-0.1, -0.05) is 48.0 Å². The Labute approximate surface area is 163 Å². The molecular weight excluding hydrogens is 393 g/mol. The molecule has 0 saturated carbocycles. The molecule has 0 aliphatic rings. The van der Waals surface area contributed by atoms with E-state index in [4.69, 9.17) is 11.6 Å². The lowest BCUT2D eigenvalue weighted by Crippen LogP contribution is -2.34. The molecule has 1 unspecified atom stereocenters. The highest BCUT2D eigenvalue weighted by atomic mass is 35.5. The number of aromatic nitrogens is 1. The van der Waals surface area contributed by atoms with Crippen LogP contribution >= 0.6 is 11.6 Å². The number of fused-ring (bicyclic) bond motifs is 1. The topological polar surface area (TPSA) is 51.1 Å². The van der Waals surface area contributed by atoms with E-state index in [1.807, 2.05) is 42.5 Å². The number of nitrogens with zero attached hydrogens (tertiary/aromatic N) is 1. The minimum atomic E-state index is -4.67. The average Bonchev–Trinajstić information content (AvgIpc) is 2.64. The zero-order valence-corrected chi connectivity index (χ0v) is 15.5. The van der Waals surface area contributed by atoms with Gasteiger partial charge in [0.2, 0.25) is 5.91 Å². The molecule has 1 N–H and O–H groups in total. The SMILES string of the molecule is CC(NC(=O)Cn1cc(C(F)(F)F)cc(Cl)c1=O)c1ccc2ccccc2c1. The van der Waals surface area contributed by atoms with Gasteiger partial charge in [-0.25, -0.2) is 0 Å². The molecule has 3 aromatic rings. The number of nitrogens with one attached hydrogen (secondary N) is 1. The minimum absolute atomic E-state index is 0.394. The first-order chi connectivity index (χ1) is 13.1. The predicted octanol–water partition coefficient (Wildman–Crippen LogP) is 4.55. The molecule has 28 heavy (non-hydrogen) atoms. The lowest BCUT2D eigenvalue weighted by atomic mass is 10.0. The van der Waals surface area contributed by atoms with Crippen molar-refractivity contribution in [2.45, 2.75) is 25.7 Å². The predicted molar refractivity (Wildman–Crippen MR) is 101 cm³/mol. The second-order valence-electron chi connectivity index (χ2n) is 6.40. The third-order valence-corrected chi connectivity index (χ3v) is 4.61. The Balaban J connectivity index is 1.78. The number of carbonyl (C=O) groups is 1. The largest absolute Gasteiger partial charge is 0.417 e. The number of carbonyl (C=O) groups excluding carboxylic acids is 1. The van der Waals surface area contributed by atoms with Crippen LogP contribution in [0.15, 0.2) is 59.5 Å². The minimum Gasteiger partial charge on any atom is -0.348 e. The molecule has 1 amide bonds. The van der Waals surface area contributed by atoms with Gasteiger partial charge in [0.25, 0.3) is 5.56 Å². The maximum absolute atomic E-state index is 12.9. The van der Waals surface area contributed by atoms with E-state index in [1.165, 1.54) is 0 Å². The summed E-state index contributed by atoms with van der Waals surface area (Å²) in [6.07, 6.45) is -4.08. The zero-order chi connectivity index (χ0) is 20.5. The first kappa shape index (κ1) is 19.9. The van der Waals surface area contributed by atoms with Crippen molar-refractivity contribution in [2.24, 2.45) is 0 Å². The van der Waals surface area contributed by atoms with E-state index in [-0.39, 0.29) is 0 Å². The summed E-state index contributed by atoms with van der Waals surface area (Å²) in [5.74, 6) is -0.599. The molecule has 0 aliphatic carbocycles. The van der Waals surface area contributed by atoms with Gasteiger partial charge in [0.05, 0.1) is 11.6 Å². The fourth-order valence-electron chi connectivity index (χ4n) is 2.87. The van der Waals surface area contributed by atoms with Crippen molar-refractivity contribution in [3.63, 3.8) is 0 Å². The van der Waals surface area contributed by atoms with E-state index in [0.29, 0.717) is 16.8 Å². The number of rotatable bonds is 4. The number of alkyl halides is 3. The summed E-state index contributed by atoms with van der Waals surface area (Å²) in [5, 5.41) is 4.15. The number of halogens is 4. The average molecular weight is 409 g/mol. The van der Waals surface area contributed by atoms with Gasteiger partial charge in [0.15, 0.2) is 0 Å². The van der Waals surface area contributed by atoms with Crippen molar-refractivity contribution in [3.8, 4) is 0 Å². The second-order valence-corrected chi connectivity index (χ2v) is 6.81. The Kier molecular flexibility index (Phi) is 5.47. The van der Waals surface area contributed by atoms with Crippen LogP contribution in [-0.4, -0.2) is 10.5 Å². The Bertz CT molecular complexity index is 1090. The number of pyridine rings is 1. The highest BCUT2D eigenvalue weighted by Crippen LogP contribution is 2.29. The summed E-state index contributed by atoms with van der Waals surface area (Å²) in [5.41, 5.74) is -1.11. The van der Waals surface area contributed by atoms with Gasteiger partial charge < -0.3 is 9.88 Å². The van der Waals surface area contributed by atoms with Crippen LogP contribution in [0.4, 0.5) is 13.2 Å². The maximum atomic E-state index is 12.9. The summed E-state index contributed by atoms with van der Waals surface area (Å²) >= 11 is 5.60. The van der Waals surface area contributed by atoms with Crippen molar-refractivity contribution >= 4 is 28.3 Å². The fourth-order valence-corrected chi connectivity index (χ4v) is 3.10. The van der Waals surface area contributed by atoms with Crippen molar-refractivity contribution in [1.82, 2.24) is 9.88 Å². The summed E-state index contributed by atoms with van der Waals surface area (Å²) in [4.78, 5) is 24.3. The molecule has 1 heterocycles. The number of amides is 1. The molecule has 8 heteroatoms. The third kappa shape index (κ3) is 4.36. The van der Waals surface area contributed by atoms with E-state index in [2.05, 4.69) is 5.32 Å². The van der Waals surface area contributed by atoms with Crippen molar-refractivity contribution < 1.29 is 18.0 Å². The van der Waals surface area contributed by atoms with Crippen LogP contribution in [0.2, 0.25) is 5.02 Å².